The van der Waals surface area contributed by atoms with Gasteiger partial charge in [-0.1, -0.05) is 0 Å². The lowest BCUT2D eigenvalue weighted by molar-refractivity contribution is -0.385. The lowest BCUT2D eigenvalue weighted by Gasteiger charge is -2.04. The van der Waals surface area contributed by atoms with E-state index in [1.807, 2.05) is 0 Å². The Morgan fingerprint density at radius 1 is 1.47 bits per heavy atom. The van der Waals surface area contributed by atoms with Gasteiger partial charge in [0.2, 0.25) is 0 Å². The molecule has 15 heavy (non-hydrogen) atoms. The van der Waals surface area contributed by atoms with Crippen LogP contribution in [-0.2, 0) is 0 Å². The molecule has 0 aliphatic heterocycles. The molecule has 0 aliphatic rings. The molecule has 0 aromatic heterocycles. The van der Waals surface area contributed by atoms with Gasteiger partial charge in [0.25, 0.3) is 5.69 Å². The number of rotatable bonds is 5. The smallest absolute Gasteiger partial charge is 0.274 e. The number of aliphatic hydroxyl groups is 1. The van der Waals surface area contributed by atoms with Crippen LogP contribution in [0.2, 0.25) is 0 Å². The second-order valence-electron chi connectivity index (χ2n) is 2.96. The molecule has 6 heteroatoms. The van der Waals surface area contributed by atoms with Gasteiger partial charge in [0.15, 0.2) is 0 Å². The molecule has 0 heterocycles. The van der Waals surface area contributed by atoms with Crippen LogP contribution in [0.5, 0.6) is 0 Å². The molecule has 0 saturated heterocycles. The highest BCUT2D eigenvalue weighted by molar-refractivity contribution is 5.51. The maximum Gasteiger partial charge on any atom is 0.274 e. The molecule has 2 N–H and O–H groups in total. The standard InChI is InChI=1S/C9H11FN2O3/c10-7-4-8(11-2-1-3-13)6-9(5-7)12(14)15/h4-6,11,13H,1-3H2. The number of hydrogen-bond acceptors (Lipinski definition) is 4. The van der Waals surface area contributed by atoms with Gasteiger partial charge in [0.1, 0.15) is 5.82 Å². The molecule has 0 amide bonds. The van der Waals surface area contributed by atoms with Gasteiger partial charge < -0.3 is 10.4 Å². The molecule has 0 unspecified atom stereocenters. The van der Waals surface area contributed by atoms with Crippen LogP contribution in [0.4, 0.5) is 15.8 Å². The summed E-state index contributed by atoms with van der Waals surface area (Å²) in [7, 11) is 0. The predicted octanol–water partition coefficient (Wildman–Crippen LogP) is 1.53. The van der Waals surface area contributed by atoms with E-state index in [1.54, 1.807) is 0 Å². The first kappa shape index (κ1) is 11.4. The van der Waals surface area contributed by atoms with E-state index in [1.165, 1.54) is 12.1 Å². The maximum atomic E-state index is 12.9. The van der Waals surface area contributed by atoms with Crippen molar-refractivity contribution in [1.82, 2.24) is 0 Å². The van der Waals surface area contributed by atoms with Crippen molar-refractivity contribution in [3.63, 3.8) is 0 Å². The summed E-state index contributed by atoms with van der Waals surface area (Å²) in [5, 5.41) is 21.7. The van der Waals surface area contributed by atoms with E-state index in [9.17, 15) is 14.5 Å². The van der Waals surface area contributed by atoms with Gasteiger partial charge in [0.05, 0.1) is 11.0 Å². The minimum atomic E-state index is -0.657. The van der Waals surface area contributed by atoms with Crippen molar-refractivity contribution < 1.29 is 14.4 Å². The van der Waals surface area contributed by atoms with Crippen molar-refractivity contribution in [3.05, 3.63) is 34.1 Å². The van der Waals surface area contributed by atoms with Crippen LogP contribution in [-0.4, -0.2) is 23.2 Å². The van der Waals surface area contributed by atoms with Crippen molar-refractivity contribution >= 4 is 11.4 Å². The Kier molecular flexibility index (Phi) is 3.99. The summed E-state index contributed by atoms with van der Waals surface area (Å²) >= 11 is 0. The third-order valence-electron chi connectivity index (χ3n) is 1.76. The number of anilines is 1. The number of aliphatic hydroxyl groups excluding tert-OH is 1. The number of non-ortho nitro benzene ring substituents is 1. The van der Waals surface area contributed by atoms with Crippen LogP contribution >= 0.6 is 0 Å². The maximum absolute atomic E-state index is 12.9. The summed E-state index contributed by atoms with van der Waals surface area (Å²) < 4.78 is 12.9. The Hall–Kier alpha value is -1.69. The van der Waals surface area contributed by atoms with Crippen LogP contribution in [0.3, 0.4) is 0 Å². The highest BCUT2D eigenvalue weighted by Gasteiger charge is 2.09. The first-order chi connectivity index (χ1) is 7.13. The molecule has 1 aromatic carbocycles. The normalized spacial score (nSPS) is 10.0. The zero-order chi connectivity index (χ0) is 11.3. The molecule has 82 valence electrons. The molecule has 0 saturated carbocycles. The Morgan fingerprint density at radius 3 is 2.80 bits per heavy atom. The molecule has 0 atom stereocenters. The number of hydrogen-bond donors (Lipinski definition) is 2. The van der Waals surface area contributed by atoms with Crippen molar-refractivity contribution in [3.8, 4) is 0 Å². The Balaban J connectivity index is 2.75. The van der Waals surface area contributed by atoms with Crippen LogP contribution in [0, 0.1) is 15.9 Å². The van der Waals surface area contributed by atoms with Crippen LogP contribution in [0.15, 0.2) is 18.2 Å². The van der Waals surface area contributed by atoms with Crippen molar-refractivity contribution in [2.45, 2.75) is 6.42 Å². The third kappa shape index (κ3) is 3.51. The first-order valence-corrected chi connectivity index (χ1v) is 4.43. The second-order valence-corrected chi connectivity index (χ2v) is 2.96. The Labute approximate surface area is 85.7 Å². The molecule has 0 radical (unpaired) electrons. The van der Waals surface area contributed by atoms with Gasteiger partial charge in [-0.15, -0.1) is 0 Å². The summed E-state index contributed by atoms with van der Waals surface area (Å²) in [6, 6.07) is 3.28. The topological polar surface area (TPSA) is 75.4 Å². The van der Waals surface area contributed by atoms with Gasteiger partial charge >= 0.3 is 0 Å². The highest BCUT2D eigenvalue weighted by atomic mass is 19.1. The highest BCUT2D eigenvalue weighted by Crippen LogP contribution is 2.19. The lowest BCUT2D eigenvalue weighted by Crippen LogP contribution is -2.04. The van der Waals surface area contributed by atoms with Crippen molar-refractivity contribution in [2.75, 3.05) is 18.5 Å². The minimum Gasteiger partial charge on any atom is -0.396 e. The van der Waals surface area contributed by atoms with Crippen LogP contribution in [0.1, 0.15) is 6.42 Å². The zero-order valence-corrected chi connectivity index (χ0v) is 7.94. The van der Waals surface area contributed by atoms with E-state index in [0.29, 0.717) is 18.7 Å². The summed E-state index contributed by atoms with van der Waals surface area (Å²) in [4.78, 5) is 9.75. The van der Waals surface area contributed by atoms with Gasteiger partial charge in [-0.3, -0.25) is 10.1 Å². The molecule has 0 spiro atoms. The van der Waals surface area contributed by atoms with E-state index >= 15 is 0 Å². The fraction of sp³-hybridized carbons (Fsp3) is 0.333. The van der Waals surface area contributed by atoms with Gasteiger partial charge in [-0.25, -0.2) is 4.39 Å². The van der Waals surface area contributed by atoms with E-state index < -0.39 is 10.7 Å². The first-order valence-electron chi connectivity index (χ1n) is 4.43. The Bertz CT molecular complexity index is 357. The number of nitrogens with one attached hydrogen (secondary N) is 1. The summed E-state index contributed by atoms with van der Waals surface area (Å²) in [6.45, 7) is 0.460. The molecule has 0 aliphatic carbocycles. The van der Waals surface area contributed by atoms with Crippen LogP contribution < -0.4 is 5.32 Å². The number of nitro benzene ring substituents is 1. The number of nitrogens with zero attached hydrogens (tertiary/aromatic N) is 1. The van der Waals surface area contributed by atoms with Crippen LogP contribution in [0.25, 0.3) is 0 Å². The van der Waals surface area contributed by atoms with Crippen molar-refractivity contribution in [1.29, 1.82) is 0 Å². The fourth-order valence-corrected chi connectivity index (χ4v) is 1.09. The zero-order valence-electron chi connectivity index (χ0n) is 7.94. The van der Waals surface area contributed by atoms with E-state index in [2.05, 4.69) is 5.32 Å². The second kappa shape index (κ2) is 5.26. The molecule has 5 nitrogen and oxygen atoms in total. The summed E-state index contributed by atoms with van der Waals surface area (Å²) in [5.74, 6) is -0.657. The predicted molar refractivity (Wildman–Crippen MR) is 53.2 cm³/mol. The monoisotopic (exact) mass is 214 g/mol. The van der Waals surface area contributed by atoms with E-state index in [-0.39, 0.29) is 12.3 Å². The number of nitro groups is 1. The molecule has 0 bridgehead atoms. The Morgan fingerprint density at radius 2 is 2.20 bits per heavy atom. The average Bonchev–Trinajstić information content (AvgIpc) is 2.17. The number of benzene rings is 1. The fourth-order valence-electron chi connectivity index (χ4n) is 1.09. The number of halogens is 1. The largest absolute Gasteiger partial charge is 0.396 e. The quantitative estimate of drug-likeness (QED) is 0.442. The minimum absolute atomic E-state index is 0.0183. The lowest BCUT2D eigenvalue weighted by atomic mass is 10.2. The molecule has 1 rings (SSSR count). The molecule has 1 aromatic rings. The SMILES string of the molecule is O=[N+]([O-])c1cc(F)cc(NCCCO)c1. The average molecular weight is 214 g/mol. The third-order valence-corrected chi connectivity index (χ3v) is 1.76. The van der Waals surface area contributed by atoms with E-state index in [0.717, 1.165) is 6.07 Å². The van der Waals surface area contributed by atoms with E-state index in [4.69, 9.17) is 5.11 Å². The summed E-state index contributed by atoms with van der Waals surface area (Å²) in [5.41, 5.74) is 0.0525. The van der Waals surface area contributed by atoms with Gasteiger partial charge in [-0.2, -0.15) is 0 Å². The van der Waals surface area contributed by atoms with Crippen molar-refractivity contribution in [2.24, 2.45) is 0 Å². The molecular formula is C9H11FN2O3. The van der Waals surface area contributed by atoms with Gasteiger partial charge in [0, 0.05) is 24.9 Å². The summed E-state index contributed by atoms with van der Waals surface area (Å²) in [6.07, 6.45) is 0.504. The molecule has 0 fully saturated rings. The molecular weight excluding hydrogens is 203 g/mol. The van der Waals surface area contributed by atoms with Gasteiger partial charge in [-0.05, 0) is 12.5 Å².